The smallest absolute Gasteiger partial charge is 0.304 e. The molecule has 112 valence electrons. The summed E-state index contributed by atoms with van der Waals surface area (Å²) in [5.74, 6) is -0.223. The van der Waals surface area contributed by atoms with Crippen molar-refractivity contribution in [2.45, 2.75) is 45.8 Å². The van der Waals surface area contributed by atoms with E-state index >= 15 is 0 Å². The van der Waals surface area contributed by atoms with Crippen LogP contribution in [0.1, 0.15) is 44.4 Å². The van der Waals surface area contributed by atoms with Gasteiger partial charge in [0.2, 0.25) is 0 Å². The molecule has 0 aliphatic heterocycles. The van der Waals surface area contributed by atoms with Gasteiger partial charge in [-0.3, -0.25) is 4.79 Å². The number of hydrogen-bond donors (Lipinski definition) is 3. The standard InChI is InChI=1S/C16H25NO3/c1-11(2)10-13-4-6-14(7-5-13)16(20)12(3)17-9-8-15(18)19/h4-7,11-12,16-17,20H,8-10H2,1-3H3,(H,18,19). The minimum absolute atomic E-state index is 0.0599. The number of carbonyl (C=O) groups is 1. The van der Waals surface area contributed by atoms with Crippen molar-refractivity contribution in [3.05, 3.63) is 35.4 Å². The number of rotatable bonds is 8. The second kappa shape index (κ2) is 8.02. The number of aliphatic hydroxyl groups excluding tert-OH is 1. The minimum atomic E-state index is -0.836. The lowest BCUT2D eigenvalue weighted by Crippen LogP contribution is -2.33. The molecular formula is C16H25NO3. The number of hydrogen-bond acceptors (Lipinski definition) is 3. The third-order valence-corrected chi connectivity index (χ3v) is 3.24. The molecule has 1 rings (SSSR count). The Hall–Kier alpha value is -1.39. The summed E-state index contributed by atoms with van der Waals surface area (Å²) in [6, 6.07) is 7.80. The van der Waals surface area contributed by atoms with Gasteiger partial charge in [0.15, 0.2) is 0 Å². The molecule has 2 atom stereocenters. The molecule has 0 aliphatic carbocycles. The van der Waals surface area contributed by atoms with Gasteiger partial charge in [0, 0.05) is 12.6 Å². The van der Waals surface area contributed by atoms with Crippen molar-refractivity contribution in [3.8, 4) is 0 Å². The van der Waals surface area contributed by atoms with Crippen LogP contribution in [0.2, 0.25) is 0 Å². The van der Waals surface area contributed by atoms with E-state index in [0.29, 0.717) is 12.5 Å². The van der Waals surface area contributed by atoms with Gasteiger partial charge in [0.25, 0.3) is 0 Å². The molecule has 3 N–H and O–H groups in total. The largest absolute Gasteiger partial charge is 0.481 e. The molecule has 1 aromatic rings. The predicted molar refractivity (Wildman–Crippen MR) is 79.7 cm³/mol. The van der Waals surface area contributed by atoms with Crippen LogP contribution in [0.5, 0.6) is 0 Å². The van der Waals surface area contributed by atoms with Gasteiger partial charge in [-0.15, -0.1) is 0 Å². The molecule has 0 fully saturated rings. The van der Waals surface area contributed by atoms with Crippen LogP contribution in [-0.4, -0.2) is 28.8 Å². The molecule has 0 aliphatic rings. The Labute approximate surface area is 120 Å². The van der Waals surface area contributed by atoms with Crippen LogP contribution in [-0.2, 0) is 11.2 Å². The Kier molecular flexibility index (Phi) is 6.68. The van der Waals surface area contributed by atoms with E-state index in [1.165, 1.54) is 5.56 Å². The molecule has 1 aromatic carbocycles. The van der Waals surface area contributed by atoms with Crippen LogP contribution in [0.15, 0.2) is 24.3 Å². The summed E-state index contributed by atoms with van der Waals surface area (Å²) in [5.41, 5.74) is 2.12. The van der Waals surface area contributed by atoms with Crippen molar-refractivity contribution in [1.29, 1.82) is 0 Å². The molecule has 0 saturated carbocycles. The van der Waals surface area contributed by atoms with Crippen LogP contribution < -0.4 is 5.32 Å². The number of benzene rings is 1. The maximum absolute atomic E-state index is 10.4. The second-order valence-electron chi connectivity index (χ2n) is 5.67. The molecule has 0 aromatic heterocycles. The summed E-state index contributed by atoms with van der Waals surface area (Å²) in [6.45, 7) is 6.57. The van der Waals surface area contributed by atoms with Crippen molar-refractivity contribution in [2.24, 2.45) is 5.92 Å². The third-order valence-electron chi connectivity index (χ3n) is 3.24. The Morgan fingerprint density at radius 2 is 1.80 bits per heavy atom. The van der Waals surface area contributed by atoms with Gasteiger partial charge in [0.05, 0.1) is 12.5 Å². The lowest BCUT2D eigenvalue weighted by atomic mass is 9.98. The number of aliphatic hydroxyl groups is 1. The van der Waals surface area contributed by atoms with E-state index in [0.717, 1.165) is 12.0 Å². The highest BCUT2D eigenvalue weighted by Gasteiger charge is 2.16. The first-order chi connectivity index (χ1) is 9.40. The van der Waals surface area contributed by atoms with E-state index < -0.39 is 12.1 Å². The lowest BCUT2D eigenvalue weighted by Gasteiger charge is -2.20. The molecule has 0 spiro atoms. The molecule has 0 amide bonds. The van der Waals surface area contributed by atoms with Gasteiger partial charge in [-0.1, -0.05) is 38.1 Å². The predicted octanol–water partition coefficient (Wildman–Crippen LogP) is 2.37. The van der Waals surface area contributed by atoms with Gasteiger partial charge < -0.3 is 15.5 Å². The summed E-state index contributed by atoms with van der Waals surface area (Å²) in [7, 11) is 0. The summed E-state index contributed by atoms with van der Waals surface area (Å²) in [6.07, 6.45) is 0.463. The van der Waals surface area contributed by atoms with Crippen molar-refractivity contribution in [1.82, 2.24) is 5.32 Å². The van der Waals surface area contributed by atoms with Crippen LogP contribution in [0.3, 0.4) is 0 Å². The van der Waals surface area contributed by atoms with Crippen molar-refractivity contribution >= 4 is 5.97 Å². The fourth-order valence-electron chi connectivity index (χ4n) is 2.13. The van der Waals surface area contributed by atoms with E-state index in [1.54, 1.807) is 0 Å². The maximum Gasteiger partial charge on any atom is 0.304 e. The van der Waals surface area contributed by atoms with E-state index in [-0.39, 0.29) is 12.5 Å². The normalized spacial score (nSPS) is 14.2. The Bertz CT molecular complexity index is 414. The van der Waals surface area contributed by atoms with Gasteiger partial charge in [-0.25, -0.2) is 0 Å². The summed E-state index contributed by atoms with van der Waals surface area (Å²) in [4.78, 5) is 10.4. The fourth-order valence-corrected chi connectivity index (χ4v) is 2.13. The first-order valence-electron chi connectivity index (χ1n) is 7.12. The van der Waals surface area contributed by atoms with Gasteiger partial charge in [0.1, 0.15) is 0 Å². The summed E-state index contributed by atoms with van der Waals surface area (Å²) >= 11 is 0. The summed E-state index contributed by atoms with van der Waals surface area (Å²) in [5, 5.41) is 21.8. The maximum atomic E-state index is 10.4. The third kappa shape index (κ3) is 5.72. The number of aliphatic carboxylic acids is 1. The number of carboxylic acid groups (broad SMARTS) is 1. The van der Waals surface area contributed by atoms with Crippen molar-refractivity contribution in [2.75, 3.05) is 6.54 Å². The van der Waals surface area contributed by atoms with Crippen LogP contribution in [0.25, 0.3) is 0 Å². The molecule has 0 bridgehead atoms. The average Bonchev–Trinajstić information content (AvgIpc) is 2.37. The molecule has 20 heavy (non-hydrogen) atoms. The highest BCUT2D eigenvalue weighted by atomic mass is 16.4. The monoisotopic (exact) mass is 279 g/mol. The molecule has 4 heteroatoms. The summed E-state index contributed by atoms with van der Waals surface area (Å²) < 4.78 is 0. The van der Waals surface area contributed by atoms with Crippen LogP contribution in [0.4, 0.5) is 0 Å². The van der Waals surface area contributed by atoms with Gasteiger partial charge in [-0.05, 0) is 30.4 Å². The Balaban J connectivity index is 2.53. The number of nitrogens with one attached hydrogen (secondary N) is 1. The Morgan fingerprint density at radius 3 is 2.30 bits per heavy atom. The number of carboxylic acids is 1. The SMILES string of the molecule is CC(C)Cc1ccc(C(O)C(C)NCCC(=O)O)cc1. The van der Waals surface area contributed by atoms with E-state index in [2.05, 4.69) is 19.2 Å². The molecule has 4 nitrogen and oxygen atoms in total. The molecule has 2 unspecified atom stereocenters. The molecule has 0 heterocycles. The Morgan fingerprint density at radius 1 is 1.20 bits per heavy atom. The molecule has 0 saturated heterocycles. The second-order valence-corrected chi connectivity index (χ2v) is 5.67. The minimum Gasteiger partial charge on any atom is -0.481 e. The first kappa shape index (κ1) is 16.7. The fraction of sp³-hybridized carbons (Fsp3) is 0.562. The quantitative estimate of drug-likeness (QED) is 0.683. The highest BCUT2D eigenvalue weighted by Crippen LogP contribution is 2.18. The van der Waals surface area contributed by atoms with Crippen LogP contribution in [0, 0.1) is 5.92 Å². The molecular weight excluding hydrogens is 254 g/mol. The zero-order valence-corrected chi connectivity index (χ0v) is 12.5. The average molecular weight is 279 g/mol. The zero-order valence-electron chi connectivity index (χ0n) is 12.5. The zero-order chi connectivity index (χ0) is 15.1. The highest BCUT2D eigenvalue weighted by molar-refractivity contribution is 5.66. The lowest BCUT2D eigenvalue weighted by molar-refractivity contribution is -0.136. The first-order valence-corrected chi connectivity index (χ1v) is 7.12. The van der Waals surface area contributed by atoms with E-state index in [9.17, 15) is 9.90 Å². The molecule has 0 radical (unpaired) electrons. The topological polar surface area (TPSA) is 69.6 Å². The van der Waals surface area contributed by atoms with E-state index in [4.69, 9.17) is 5.11 Å². The van der Waals surface area contributed by atoms with Crippen LogP contribution >= 0.6 is 0 Å². The van der Waals surface area contributed by atoms with E-state index in [1.807, 2.05) is 31.2 Å². The van der Waals surface area contributed by atoms with Crippen molar-refractivity contribution < 1.29 is 15.0 Å². The van der Waals surface area contributed by atoms with Gasteiger partial charge in [-0.2, -0.15) is 0 Å². The van der Waals surface area contributed by atoms with Crippen molar-refractivity contribution in [3.63, 3.8) is 0 Å². The van der Waals surface area contributed by atoms with Gasteiger partial charge >= 0.3 is 5.97 Å².